The fourth-order valence-electron chi connectivity index (χ4n) is 2.45. The maximum absolute atomic E-state index is 11.5. The van der Waals surface area contributed by atoms with Crippen molar-refractivity contribution in [2.45, 2.75) is 25.8 Å². The predicted octanol–water partition coefficient (Wildman–Crippen LogP) is 1.63. The van der Waals surface area contributed by atoms with Crippen LogP contribution >= 0.6 is 0 Å². The summed E-state index contributed by atoms with van der Waals surface area (Å²) < 4.78 is 34.3. The lowest BCUT2D eigenvalue weighted by Crippen LogP contribution is -2.41. The zero-order valence-electron chi connectivity index (χ0n) is 12.4. The normalized spacial score (nSPS) is 20.9. The number of sulfone groups is 1. The molecule has 1 unspecified atom stereocenters. The van der Waals surface area contributed by atoms with E-state index in [9.17, 15) is 8.42 Å². The Morgan fingerprint density at radius 1 is 1.24 bits per heavy atom. The van der Waals surface area contributed by atoms with Gasteiger partial charge in [-0.25, -0.2) is 8.42 Å². The van der Waals surface area contributed by atoms with Crippen molar-refractivity contribution in [2.75, 3.05) is 31.3 Å². The summed E-state index contributed by atoms with van der Waals surface area (Å²) >= 11 is 0. The first-order valence-corrected chi connectivity index (χ1v) is 9.21. The molecule has 0 saturated carbocycles. The first-order valence-electron chi connectivity index (χ1n) is 7.39. The second-order valence-corrected chi connectivity index (χ2v) is 7.36. The average Bonchev–Trinajstić information content (AvgIpc) is 2.44. The number of para-hydroxylation sites is 2. The molecule has 1 aromatic rings. The van der Waals surface area contributed by atoms with Crippen LogP contribution in [-0.2, 0) is 9.84 Å². The molecule has 2 rings (SSSR count). The molecule has 1 N–H and O–H groups in total. The monoisotopic (exact) mass is 313 g/mol. The number of hydrogen-bond donors (Lipinski definition) is 1. The maximum Gasteiger partial charge on any atom is 0.161 e. The molecule has 5 nitrogen and oxygen atoms in total. The van der Waals surface area contributed by atoms with Gasteiger partial charge in [-0.05, 0) is 31.9 Å². The highest BCUT2D eigenvalue weighted by atomic mass is 32.2. The third-order valence-electron chi connectivity index (χ3n) is 3.40. The van der Waals surface area contributed by atoms with Crippen LogP contribution < -0.4 is 14.8 Å². The second-order valence-electron chi connectivity index (χ2n) is 5.14. The Morgan fingerprint density at radius 3 is 2.62 bits per heavy atom. The van der Waals surface area contributed by atoms with Gasteiger partial charge in [-0.2, -0.15) is 0 Å². The Balaban J connectivity index is 1.75. The van der Waals surface area contributed by atoms with Crippen molar-refractivity contribution in [1.29, 1.82) is 0 Å². The minimum atomic E-state index is -2.86. The number of nitrogens with one attached hydrogen (secondary N) is 1. The van der Waals surface area contributed by atoms with Crippen LogP contribution in [0.1, 0.15) is 19.8 Å². The highest BCUT2D eigenvalue weighted by molar-refractivity contribution is 7.91. The van der Waals surface area contributed by atoms with Gasteiger partial charge in [0.1, 0.15) is 6.61 Å². The summed E-state index contributed by atoms with van der Waals surface area (Å²) in [6, 6.07) is 7.60. The van der Waals surface area contributed by atoms with E-state index in [0.29, 0.717) is 25.5 Å². The van der Waals surface area contributed by atoms with E-state index in [1.165, 1.54) is 0 Å². The SMILES string of the molecule is CCOc1ccccc1OCCNC1CCCS(=O)(=O)C1. The standard InChI is InChI=1S/C15H23NO4S/c1-2-19-14-7-3-4-8-15(14)20-10-9-16-13-6-5-11-21(17,18)12-13/h3-4,7-8,13,16H,2,5-6,9-12H2,1H3. The summed E-state index contributed by atoms with van der Waals surface area (Å²) in [7, 11) is -2.86. The molecule has 6 heteroatoms. The van der Waals surface area contributed by atoms with Crippen molar-refractivity contribution in [3.8, 4) is 11.5 Å². The maximum atomic E-state index is 11.5. The van der Waals surface area contributed by atoms with Crippen molar-refractivity contribution >= 4 is 9.84 Å². The van der Waals surface area contributed by atoms with Crippen molar-refractivity contribution in [1.82, 2.24) is 5.32 Å². The molecule has 1 heterocycles. The van der Waals surface area contributed by atoms with E-state index >= 15 is 0 Å². The molecule has 1 aromatic carbocycles. The summed E-state index contributed by atoms with van der Waals surface area (Å²) in [4.78, 5) is 0. The first-order chi connectivity index (χ1) is 10.1. The molecule has 0 aliphatic carbocycles. The van der Waals surface area contributed by atoms with Gasteiger partial charge in [0, 0.05) is 12.6 Å². The molecule has 0 radical (unpaired) electrons. The lowest BCUT2D eigenvalue weighted by Gasteiger charge is -2.23. The summed E-state index contributed by atoms with van der Waals surface area (Å²) in [5.41, 5.74) is 0. The van der Waals surface area contributed by atoms with E-state index in [4.69, 9.17) is 9.47 Å². The molecule has 0 spiro atoms. The van der Waals surface area contributed by atoms with Gasteiger partial charge in [-0.1, -0.05) is 12.1 Å². The zero-order valence-corrected chi connectivity index (χ0v) is 13.2. The smallest absolute Gasteiger partial charge is 0.161 e. The van der Waals surface area contributed by atoms with Gasteiger partial charge in [0.25, 0.3) is 0 Å². The zero-order chi connectivity index (χ0) is 15.1. The molecule has 0 amide bonds. The Hall–Kier alpha value is -1.27. The minimum Gasteiger partial charge on any atom is -0.490 e. The highest BCUT2D eigenvalue weighted by Gasteiger charge is 2.23. The molecule has 0 aromatic heterocycles. The van der Waals surface area contributed by atoms with Crippen LogP contribution in [0.3, 0.4) is 0 Å². The van der Waals surface area contributed by atoms with Crippen LogP contribution in [0, 0.1) is 0 Å². The van der Waals surface area contributed by atoms with Crippen LogP contribution in [0.25, 0.3) is 0 Å². The van der Waals surface area contributed by atoms with Gasteiger partial charge in [-0.3, -0.25) is 0 Å². The van der Waals surface area contributed by atoms with E-state index in [0.717, 1.165) is 24.3 Å². The van der Waals surface area contributed by atoms with E-state index in [2.05, 4.69) is 5.32 Å². The molecular weight excluding hydrogens is 290 g/mol. The molecule has 1 fully saturated rings. The summed E-state index contributed by atoms with van der Waals surface area (Å²) in [6.07, 6.45) is 1.66. The van der Waals surface area contributed by atoms with Gasteiger partial charge in [0.05, 0.1) is 18.1 Å². The van der Waals surface area contributed by atoms with Crippen LogP contribution in [0.4, 0.5) is 0 Å². The molecule has 1 atom stereocenters. The first kappa shape index (κ1) is 16.1. The third kappa shape index (κ3) is 5.21. The number of benzene rings is 1. The summed E-state index contributed by atoms with van der Waals surface area (Å²) in [5, 5.41) is 3.25. The Kier molecular flexibility index (Phi) is 5.87. The number of hydrogen-bond acceptors (Lipinski definition) is 5. The van der Waals surface area contributed by atoms with Gasteiger partial charge in [-0.15, -0.1) is 0 Å². The molecule has 118 valence electrons. The number of ether oxygens (including phenoxy) is 2. The van der Waals surface area contributed by atoms with Crippen molar-refractivity contribution in [3.05, 3.63) is 24.3 Å². The minimum absolute atomic E-state index is 0.0504. The lowest BCUT2D eigenvalue weighted by atomic mass is 10.2. The molecule has 1 aliphatic rings. The average molecular weight is 313 g/mol. The van der Waals surface area contributed by atoms with Crippen LogP contribution in [0.2, 0.25) is 0 Å². The fraction of sp³-hybridized carbons (Fsp3) is 0.600. The van der Waals surface area contributed by atoms with E-state index in [1.54, 1.807) is 0 Å². The molecule has 1 saturated heterocycles. The topological polar surface area (TPSA) is 64.6 Å². The molecular formula is C15H23NO4S. The van der Waals surface area contributed by atoms with Crippen molar-refractivity contribution in [2.24, 2.45) is 0 Å². The van der Waals surface area contributed by atoms with Crippen LogP contribution in [-0.4, -0.2) is 45.7 Å². The number of rotatable bonds is 7. The largest absolute Gasteiger partial charge is 0.490 e. The van der Waals surface area contributed by atoms with Crippen LogP contribution in [0.15, 0.2) is 24.3 Å². The second kappa shape index (κ2) is 7.66. The van der Waals surface area contributed by atoms with Gasteiger partial charge in [0.15, 0.2) is 21.3 Å². The third-order valence-corrected chi connectivity index (χ3v) is 5.23. The Labute approximate surface area is 126 Å². The van der Waals surface area contributed by atoms with Crippen molar-refractivity contribution in [3.63, 3.8) is 0 Å². The quantitative estimate of drug-likeness (QED) is 0.775. The Morgan fingerprint density at radius 2 is 1.95 bits per heavy atom. The summed E-state index contributed by atoms with van der Waals surface area (Å²) in [6.45, 7) is 3.64. The predicted molar refractivity (Wildman–Crippen MR) is 82.8 cm³/mol. The molecule has 21 heavy (non-hydrogen) atoms. The molecule has 0 bridgehead atoms. The van der Waals surface area contributed by atoms with E-state index in [1.807, 2.05) is 31.2 Å². The van der Waals surface area contributed by atoms with E-state index in [-0.39, 0.29) is 11.8 Å². The van der Waals surface area contributed by atoms with Gasteiger partial charge >= 0.3 is 0 Å². The van der Waals surface area contributed by atoms with E-state index < -0.39 is 9.84 Å². The Bertz CT molecular complexity index is 544. The van der Waals surface area contributed by atoms with Gasteiger partial charge < -0.3 is 14.8 Å². The molecule has 1 aliphatic heterocycles. The van der Waals surface area contributed by atoms with Crippen molar-refractivity contribution < 1.29 is 17.9 Å². The summed E-state index contributed by atoms with van der Waals surface area (Å²) in [5.74, 6) is 2.02. The fourth-order valence-corrected chi connectivity index (χ4v) is 4.12. The van der Waals surface area contributed by atoms with Gasteiger partial charge in [0.2, 0.25) is 0 Å². The van der Waals surface area contributed by atoms with Crippen LogP contribution in [0.5, 0.6) is 11.5 Å². The lowest BCUT2D eigenvalue weighted by molar-refractivity contribution is 0.271. The highest BCUT2D eigenvalue weighted by Crippen LogP contribution is 2.26.